The number of carbonyl (C=O) groups excluding carboxylic acids is 1. The van der Waals surface area contributed by atoms with Crippen LogP contribution in [0.25, 0.3) is 32.9 Å². The third kappa shape index (κ3) is 4.64. The summed E-state index contributed by atoms with van der Waals surface area (Å²) in [6.07, 6.45) is 1.32. The Morgan fingerprint density at radius 1 is 1.10 bits per heavy atom. The molecule has 0 aliphatic carbocycles. The zero-order valence-electron chi connectivity index (χ0n) is 21.8. The van der Waals surface area contributed by atoms with Gasteiger partial charge >= 0.3 is 0 Å². The molecule has 0 atom stereocenters. The number of nitrogens with zero attached hydrogens (tertiary/aromatic N) is 5. The SMILES string of the molecule is C=CC(=O)N1CC(Cn2c(=O)c(N3CCN(C)CC3)nc3cc(-c4cc(O)cc5ccccc45)c(Cl)cc32)C1. The molecule has 0 unspecified atom stereocenters. The molecular formula is C30H30ClN5O3. The van der Waals surface area contributed by atoms with Gasteiger partial charge in [0.2, 0.25) is 5.91 Å². The monoisotopic (exact) mass is 543 g/mol. The molecule has 2 aliphatic heterocycles. The zero-order chi connectivity index (χ0) is 27.3. The molecule has 39 heavy (non-hydrogen) atoms. The Morgan fingerprint density at radius 2 is 1.85 bits per heavy atom. The number of rotatable bonds is 5. The first-order valence-corrected chi connectivity index (χ1v) is 13.5. The second-order valence-corrected chi connectivity index (χ2v) is 10.9. The summed E-state index contributed by atoms with van der Waals surface area (Å²) >= 11 is 6.88. The summed E-state index contributed by atoms with van der Waals surface area (Å²) in [6.45, 7) is 8.31. The van der Waals surface area contributed by atoms with Crippen molar-refractivity contribution in [1.29, 1.82) is 0 Å². The van der Waals surface area contributed by atoms with E-state index in [1.54, 1.807) is 27.7 Å². The van der Waals surface area contributed by atoms with Gasteiger partial charge in [0, 0.05) is 57.3 Å². The summed E-state index contributed by atoms with van der Waals surface area (Å²) in [5.74, 6) is 0.635. The summed E-state index contributed by atoms with van der Waals surface area (Å²) in [5.41, 5.74) is 2.71. The van der Waals surface area contributed by atoms with E-state index in [-0.39, 0.29) is 23.1 Å². The maximum absolute atomic E-state index is 13.9. The summed E-state index contributed by atoms with van der Waals surface area (Å²) < 4.78 is 1.77. The van der Waals surface area contributed by atoms with Crippen LogP contribution in [0, 0.1) is 5.92 Å². The van der Waals surface area contributed by atoms with Crippen molar-refractivity contribution >= 4 is 45.1 Å². The van der Waals surface area contributed by atoms with E-state index < -0.39 is 0 Å². The molecule has 4 aromatic rings. The van der Waals surface area contributed by atoms with Crippen molar-refractivity contribution in [2.24, 2.45) is 5.92 Å². The van der Waals surface area contributed by atoms with Gasteiger partial charge in [-0.3, -0.25) is 9.59 Å². The number of carbonyl (C=O) groups is 1. The molecule has 8 nitrogen and oxygen atoms in total. The van der Waals surface area contributed by atoms with E-state index in [0.717, 1.165) is 35.0 Å². The Labute approximate surface area is 231 Å². The third-order valence-corrected chi connectivity index (χ3v) is 8.15. The predicted molar refractivity (Wildman–Crippen MR) is 156 cm³/mol. The van der Waals surface area contributed by atoms with Crippen molar-refractivity contribution in [3.05, 3.63) is 76.6 Å². The second-order valence-electron chi connectivity index (χ2n) is 10.5. The summed E-state index contributed by atoms with van der Waals surface area (Å²) in [4.78, 5) is 36.8. The van der Waals surface area contributed by atoms with Crippen molar-refractivity contribution in [1.82, 2.24) is 19.4 Å². The first kappa shape index (κ1) is 25.4. The van der Waals surface area contributed by atoms with Crippen LogP contribution in [0.5, 0.6) is 5.75 Å². The topological polar surface area (TPSA) is 81.9 Å². The van der Waals surface area contributed by atoms with Gasteiger partial charge in [-0.05, 0) is 53.7 Å². The van der Waals surface area contributed by atoms with Gasteiger partial charge in [-0.25, -0.2) is 4.98 Å². The number of phenols is 1. The number of amides is 1. The molecule has 2 saturated heterocycles. The molecule has 0 radical (unpaired) electrons. The lowest BCUT2D eigenvalue weighted by Crippen LogP contribution is -2.52. The number of likely N-dealkylation sites (tertiary alicyclic amines) is 1. The van der Waals surface area contributed by atoms with Crippen LogP contribution >= 0.6 is 11.6 Å². The fourth-order valence-electron chi connectivity index (χ4n) is 5.63. The number of hydrogen-bond donors (Lipinski definition) is 1. The molecule has 200 valence electrons. The van der Waals surface area contributed by atoms with Crippen molar-refractivity contribution in [2.45, 2.75) is 6.54 Å². The molecular weight excluding hydrogens is 514 g/mol. The number of phenolic OH excluding ortho intramolecular Hbond substituents is 1. The van der Waals surface area contributed by atoms with E-state index in [0.29, 0.717) is 54.6 Å². The van der Waals surface area contributed by atoms with E-state index in [4.69, 9.17) is 16.6 Å². The minimum absolute atomic E-state index is 0.0951. The number of hydrogen-bond acceptors (Lipinski definition) is 6. The first-order valence-electron chi connectivity index (χ1n) is 13.1. The van der Waals surface area contributed by atoms with E-state index in [2.05, 4.69) is 23.4 Å². The van der Waals surface area contributed by atoms with Crippen LogP contribution in [0.15, 0.2) is 66.0 Å². The van der Waals surface area contributed by atoms with Gasteiger partial charge in [-0.2, -0.15) is 0 Å². The molecule has 0 saturated carbocycles. The highest BCUT2D eigenvalue weighted by Gasteiger charge is 2.31. The number of likely N-dealkylation sites (N-methyl/N-ethyl adjacent to an activating group) is 1. The molecule has 1 aromatic heterocycles. The van der Waals surface area contributed by atoms with Crippen LogP contribution < -0.4 is 10.5 Å². The van der Waals surface area contributed by atoms with Crippen LogP contribution in [0.3, 0.4) is 0 Å². The molecule has 1 N–H and O–H groups in total. The van der Waals surface area contributed by atoms with Crippen molar-refractivity contribution in [3.63, 3.8) is 0 Å². The van der Waals surface area contributed by atoms with Gasteiger partial charge in [0.05, 0.1) is 16.1 Å². The predicted octanol–water partition coefficient (Wildman–Crippen LogP) is 3.97. The highest BCUT2D eigenvalue weighted by molar-refractivity contribution is 6.34. The fourth-order valence-corrected chi connectivity index (χ4v) is 5.89. The van der Waals surface area contributed by atoms with Crippen molar-refractivity contribution < 1.29 is 9.90 Å². The number of anilines is 1. The molecule has 0 spiro atoms. The number of benzene rings is 3. The summed E-state index contributed by atoms with van der Waals surface area (Å²) in [5, 5.41) is 12.8. The highest BCUT2D eigenvalue weighted by atomic mass is 35.5. The number of aromatic nitrogens is 2. The zero-order valence-corrected chi connectivity index (χ0v) is 22.6. The third-order valence-electron chi connectivity index (χ3n) is 7.84. The van der Waals surface area contributed by atoms with Gasteiger partial charge in [0.15, 0.2) is 5.82 Å². The number of fused-ring (bicyclic) bond motifs is 2. The highest BCUT2D eigenvalue weighted by Crippen LogP contribution is 2.38. The molecule has 6 rings (SSSR count). The first-order chi connectivity index (χ1) is 18.8. The smallest absolute Gasteiger partial charge is 0.294 e. The normalized spacial score (nSPS) is 16.6. The van der Waals surface area contributed by atoms with Crippen molar-refractivity contribution in [2.75, 3.05) is 51.2 Å². The van der Waals surface area contributed by atoms with Crippen LogP contribution in [0.1, 0.15) is 0 Å². The van der Waals surface area contributed by atoms with Gasteiger partial charge in [0.1, 0.15) is 5.75 Å². The molecule has 3 aromatic carbocycles. The van der Waals surface area contributed by atoms with E-state index in [9.17, 15) is 14.7 Å². The number of halogens is 1. The standard InChI is InChI=1S/C30H30ClN5O3/c1-3-28(38)35-16-19(17-35)18-36-27-15-25(31)24(23-13-21(37)12-20-6-4-5-7-22(20)23)14-26(27)32-29(30(36)39)34-10-8-33(2)9-11-34/h3-7,12-15,19,37H,1,8-11,16-18H2,2H3. The second kappa shape index (κ2) is 10.0. The Balaban J connectivity index is 1.49. The van der Waals surface area contributed by atoms with E-state index in [1.807, 2.05) is 30.3 Å². The van der Waals surface area contributed by atoms with Crippen LogP contribution in [0.2, 0.25) is 5.02 Å². The molecule has 0 bridgehead atoms. The fraction of sp³-hybridized carbons (Fsp3) is 0.300. The minimum atomic E-state index is -0.146. The largest absolute Gasteiger partial charge is 0.508 e. The minimum Gasteiger partial charge on any atom is -0.508 e. The Hall–Kier alpha value is -3.88. The maximum Gasteiger partial charge on any atom is 0.294 e. The Kier molecular flexibility index (Phi) is 6.53. The van der Waals surface area contributed by atoms with Gasteiger partial charge in [-0.1, -0.05) is 42.4 Å². The van der Waals surface area contributed by atoms with Gasteiger partial charge in [-0.15, -0.1) is 0 Å². The van der Waals surface area contributed by atoms with Gasteiger partial charge < -0.3 is 24.4 Å². The Bertz CT molecular complexity index is 1670. The quantitative estimate of drug-likeness (QED) is 0.384. The maximum atomic E-state index is 13.9. The molecule has 2 fully saturated rings. The van der Waals surface area contributed by atoms with E-state index >= 15 is 0 Å². The lowest BCUT2D eigenvalue weighted by atomic mass is 9.97. The average molecular weight is 544 g/mol. The number of piperazine rings is 1. The van der Waals surface area contributed by atoms with Gasteiger partial charge in [0.25, 0.3) is 5.56 Å². The average Bonchev–Trinajstić information content (AvgIpc) is 2.91. The van der Waals surface area contributed by atoms with Crippen LogP contribution in [-0.2, 0) is 11.3 Å². The molecule has 9 heteroatoms. The lowest BCUT2D eigenvalue weighted by molar-refractivity contribution is -0.132. The summed E-state index contributed by atoms with van der Waals surface area (Å²) in [7, 11) is 2.07. The van der Waals surface area contributed by atoms with Crippen LogP contribution in [-0.4, -0.2) is 76.7 Å². The number of aromatic hydroxyl groups is 1. The molecule has 3 heterocycles. The lowest BCUT2D eigenvalue weighted by Gasteiger charge is -2.39. The molecule has 2 aliphatic rings. The van der Waals surface area contributed by atoms with Crippen molar-refractivity contribution in [3.8, 4) is 16.9 Å². The summed E-state index contributed by atoms with van der Waals surface area (Å²) in [6, 6.07) is 15.0. The Morgan fingerprint density at radius 3 is 2.59 bits per heavy atom. The van der Waals surface area contributed by atoms with E-state index in [1.165, 1.54) is 6.08 Å². The van der Waals surface area contributed by atoms with Crippen LogP contribution in [0.4, 0.5) is 5.82 Å². The molecule has 1 amide bonds.